The van der Waals surface area contributed by atoms with Crippen LogP contribution in [0, 0.1) is 6.92 Å². The highest BCUT2D eigenvalue weighted by molar-refractivity contribution is 5.48. The molecule has 0 unspecified atom stereocenters. The van der Waals surface area contributed by atoms with Crippen LogP contribution in [0.2, 0.25) is 0 Å². The maximum atomic E-state index is 5.72. The van der Waals surface area contributed by atoms with E-state index in [2.05, 4.69) is 27.2 Å². The second kappa shape index (κ2) is 8.81. The third-order valence-electron chi connectivity index (χ3n) is 2.96. The Morgan fingerprint density at radius 2 is 1.91 bits per heavy atom. The number of anilines is 1. The largest absolute Gasteiger partial charge is 0.490 e. The Bertz CT molecular complexity index is 563. The van der Waals surface area contributed by atoms with Gasteiger partial charge in [0.1, 0.15) is 24.8 Å². The Morgan fingerprint density at radius 3 is 2.68 bits per heavy atom. The number of nitrogens with zero attached hydrogens (tertiary/aromatic N) is 3. The molecule has 0 fully saturated rings. The summed E-state index contributed by atoms with van der Waals surface area (Å²) in [5, 5.41) is 3.29. The van der Waals surface area contributed by atoms with Crippen molar-refractivity contribution < 1.29 is 9.47 Å². The molecule has 2 aromatic rings. The van der Waals surface area contributed by atoms with E-state index < -0.39 is 0 Å². The summed E-state index contributed by atoms with van der Waals surface area (Å²) in [6, 6.07) is 3.62. The molecule has 0 bridgehead atoms. The zero-order chi connectivity index (χ0) is 15.6. The average Bonchev–Trinajstić information content (AvgIpc) is 2.54. The van der Waals surface area contributed by atoms with Crippen LogP contribution in [0.5, 0.6) is 11.5 Å². The minimum atomic E-state index is 0.428. The molecular weight excluding hydrogens is 280 g/mol. The Labute approximate surface area is 130 Å². The molecule has 6 heteroatoms. The zero-order valence-corrected chi connectivity index (χ0v) is 13.1. The summed E-state index contributed by atoms with van der Waals surface area (Å²) < 4.78 is 11.3. The van der Waals surface area contributed by atoms with Crippen molar-refractivity contribution in [2.75, 3.05) is 25.1 Å². The lowest BCUT2D eigenvalue weighted by Gasteiger charge is -2.12. The number of hydrogen-bond donors (Lipinski definition) is 1. The first kappa shape index (κ1) is 16.0. The van der Waals surface area contributed by atoms with Gasteiger partial charge in [-0.15, -0.1) is 0 Å². The first-order valence-corrected chi connectivity index (χ1v) is 7.52. The second-order valence-corrected chi connectivity index (χ2v) is 4.79. The van der Waals surface area contributed by atoms with E-state index in [1.807, 2.05) is 19.1 Å². The normalized spacial score (nSPS) is 10.3. The standard InChI is InChI=1S/C16H22N4O2/c1-3-4-7-18-16-15(12-19-13(2)20-16)22-11-10-21-14-5-8-17-9-6-14/h5-6,8-9,12H,3-4,7,10-11H2,1-2H3,(H,18,19,20). The molecule has 0 spiro atoms. The number of ether oxygens (including phenoxy) is 2. The van der Waals surface area contributed by atoms with Gasteiger partial charge in [-0.3, -0.25) is 4.98 Å². The van der Waals surface area contributed by atoms with Crippen LogP contribution in [0.1, 0.15) is 25.6 Å². The molecule has 118 valence electrons. The number of nitrogens with one attached hydrogen (secondary N) is 1. The second-order valence-electron chi connectivity index (χ2n) is 4.79. The summed E-state index contributed by atoms with van der Waals surface area (Å²) in [4.78, 5) is 12.5. The van der Waals surface area contributed by atoms with E-state index in [0.717, 1.165) is 36.8 Å². The maximum absolute atomic E-state index is 5.72. The van der Waals surface area contributed by atoms with Crippen molar-refractivity contribution in [2.24, 2.45) is 0 Å². The van der Waals surface area contributed by atoms with Gasteiger partial charge in [0.05, 0.1) is 6.20 Å². The molecule has 0 saturated carbocycles. The van der Waals surface area contributed by atoms with Crippen LogP contribution in [-0.4, -0.2) is 34.7 Å². The predicted molar refractivity (Wildman–Crippen MR) is 85.4 cm³/mol. The minimum absolute atomic E-state index is 0.428. The Balaban J connectivity index is 1.83. The number of aromatic nitrogens is 3. The summed E-state index contributed by atoms with van der Waals surface area (Å²) in [7, 11) is 0. The molecule has 0 aliphatic rings. The highest BCUT2D eigenvalue weighted by atomic mass is 16.5. The molecule has 0 aliphatic heterocycles. The molecule has 6 nitrogen and oxygen atoms in total. The summed E-state index contributed by atoms with van der Waals surface area (Å²) >= 11 is 0. The summed E-state index contributed by atoms with van der Waals surface area (Å²) in [6.45, 7) is 5.77. The zero-order valence-electron chi connectivity index (χ0n) is 13.1. The summed E-state index contributed by atoms with van der Waals surface area (Å²) in [6.07, 6.45) is 7.31. The van der Waals surface area contributed by atoms with E-state index in [0.29, 0.717) is 19.0 Å². The third kappa shape index (κ3) is 5.20. The molecule has 2 heterocycles. The lowest BCUT2D eigenvalue weighted by molar-refractivity contribution is 0.216. The van der Waals surface area contributed by atoms with Gasteiger partial charge in [-0.05, 0) is 25.5 Å². The van der Waals surface area contributed by atoms with Crippen molar-refractivity contribution in [3.63, 3.8) is 0 Å². The van der Waals surface area contributed by atoms with Gasteiger partial charge in [0.2, 0.25) is 0 Å². The van der Waals surface area contributed by atoms with Crippen LogP contribution >= 0.6 is 0 Å². The van der Waals surface area contributed by atoms with Crippen molar-refractivity contribution in [3.8, 4) is 11.5 Å². The van der Waals surface area contributed by atoms with Crippen LogP contribution < -0.4 is 14.8 Å². The third-order valence-corrected chi connectivity index (χ3v) is 2.96. The smallest absolute Gasteiger partial charge is 0.180 e. The van der Waals surface area contributed by atoms with Crippen molar-refractivity contribution >= 4 is 5.82 Å². The molecule has 0 aromatic carbocycles. The highest BCUT2D eigenvalue weighted by Gasteiger charge is 2.06. The molecule has 1 N–H and O–H groups in total. The van der Waals surface area contributed by atoms with E-state index in [-0.39, 0.29) is 0 Å². The van der Waals surface area contributed by atoms with Crippen molar-refractivity contribution in [1.82, 2.24) is 15.0 Å². The van der Waals surface area contributed by atoms with Gasteiger partial charge in [0.15, 0.2) is 11.6 Å². The molecular formula is C16H22N4O2. The predicted octanol–water partition coefficient (Wildman–Crippen LogP) is 2.85. The molecule has 2 rings (SSSR count). The Morgan fingerprint density at radius 1 is 1.14 bits per heavy atom. The fraction of sp³-hybridized carbons (Fsp3) is 0.438. The van der Waals surface area contributed by atoms with Gasteiger partial charge in [0, 0.05) is 18.9 Å². The van der Waals surface area contributed by atoms with Crippen LogP contribution in [0.4, 0.5) is 5.82 Å². The molecule has 2 aromatic heterocycles. The molecule has 0 aliphatic carbocycles. The number of pyridine rings is 1. The summed E-state index contributed by atoms with van der Waals surface area (Å²) in [5.41, 5.74) is 0. The van der Waals surface area contributed by atoms with Gasteiger partial charge >= 0.3 is 0 Å². The van der Waals surface area contributed by atoms with E-state index in [9.17, 15) is 0 Å². The van der Waals surface area contributed by atoms with Crippen molar-refractivity contribution in [2.45, 2.75) is 26.7 Å². The van der Waals surface area contributed by atoms with Crippen LogP contribution in [0.25, 0.3) is 0 Å². The van der Waals surface area contributed by atoms with Crippen LogP contribution in [0.3, 0.4) is 0 Å². The Hall–Kier alpha value is -2.37. The lowest BCUT2D eigenvalue weighted by Crippen LogP contribution is -2.12. The molecule has 0 amide bonds. The molecule has 0 atom stereocenters. The first-order chi connectivity index (χ1) is 10.8. The van der Waals surface area contributed by atoms with Crippen molar-refractivity contribution in [3.05, 3.63) is 36.5 Å². The first-order valence-electron chi connectivity index (χ1n) is 7.52. The van der Waals surface area contributed by atoms with Gasteiger partial charge in [-0.25, -0.2) is 9.97 Å². The maximum Gasteiger partial charge on any atom is 0.180 e. The van der Waals surface area contributed by atoms with Gasteiger partial charge in [-0.2, -0.15) is 0 Å². The number of hydrogen-bond acceptors (Lipinski definition) is 6. The Kier molecular flexibility index (Phi) is 6.41. The lowest BCUT2D eigenvalue weighted by atomic mass is 10.3. The van der Waals surface area contributed by atoms with E-state index in [4.69, 9.17) is 9.47 Å². The fourth-order valence-electron chi connectivity index (χ4n) is 1.82. The molecule has 22 heavy (non-hydrogen) atoms. The van der Waals surface area contributed by atoms with Gasteiger partial charge in [0.25, 0.3) is 0 Å². The van der Waals surface area contributed by atoms with Gasteiger partial charge < -0.3 is 14.8 Å². The topological polar surface area (TPSA) is 69.2 Å². The number of unbranched alkanes of at least 4 members (excludes halogenated alkanes) is 1. The fourth-order valence-corrected chi connectivity index (χ4v) is 1.82. The number of aryl methyl sites for hydroxylation is 1. The van der Waals surface area contributed by atoms with Crippen LogP contribution in [0.15, 0.2) is 30.7 Å². The summed E-state index contributed by atoms with van der Waals surface area (Å²) in [5.74, 6) is 2.89. The quantitative estimate of drug-likeness (QED) is 0.718. The van der Waals surface area contributed by atoms with E-state index in [1.54, 1.807) is 18.6 Å². The van der Waals surface area contributed by atoms with Gasteiger partial charge in [-0.1, -0.05) is 13.3 Å². The molecule has 0 radical (unpaired) electrons. The van der Waals surface area contributed by atoms with E-state index >= 15 is 0 Å². The monoisotopic (exact) mass is 302 g/mol. The van der Waals surface area contributed by atoms with E-state index in [1.165, 1.54) is 0 Å². The van der Waals surface area contributed by atoms with Crippen LogP contribution in [-0.2, 0) is 0 Å². The number of rotatable bonds is 9. The highest BCUT2D eigenvalue weighted by Crippen LogP contribution is 2.20. The minimum Gasteiger partial charge on any atom is -0.490 e. The molecule has 0 saturated heterocycles. The SMILES string of the molecule is CCCCNc1nc(C)ncc1OCCOc1ccncc1. The van der Waals surface area contributed by atoms with Crippen molar-refractivity contribution in [1.29, 1.82) is 0 Å². The average molecular weight is 302 g/mol.